The molecule has 0 unspecified atom stereocenters. The maximum atomic E-state index is 8.07. The van der Waals surface area contributed by atoms with Crippen LogP contribution in [0.25, 0.3) is 0 Å². The molecule has 1 aromatic rings. The normalized spacial score (nSPS) is 8.37. The van der Waals surface area contributed by atoms with Gasteiger partial charge in [-0.05, 0) is 108 Å². The lowest BCUT2D eigenvalue weighted by atomic mass is 10.4. The van der Waals surface area contributed by atoms with Gasteiger partial charge in [0.15, 0.2) is 0 Å². The minimum atomic E-state index is 0.344. The standard InChI is InChI=1S/C5H5N.15C4H10O/c1-2-4-6-5-3-1;15*1-2-3-4-5/h1-5H;15*5H,2-4H2,1H3. The van der Waals surface area contributed by atoms with Gasteiger partial charge in [0.2, 0.25) is 0 Å². The number of nitrogens with zero attached hydrogens (tertiary/aromatic N) is 1. The van der Waals surface area contributed by atoms with E-state index in [0.717, 1.165) is 193 Å². The Morgan fingerprint density at radius 3 is 0.259 bits per heavy atom. The Morgan fingerprint density at radius 1 is 0.160 bits per heavy atom. The van der Waals surface area contributed by atoms with E-state index in [0.29, 0.717) is 99.1 Å². The molecule has 0 spiro atoms. The number of rotatable bonds is 30. The van der Waals surface area contributed by atoms with Crippen LogP contribution in [0.4, 0.5) is 0 Å². The van der Waals surface area contributed by atoms with Gasteiger partial charge in [-0.2, -0.15) is 0 Å². The molecule has 16 nitrogen and oxygen atoms in total. The van der Waals surface area contributed by atoms with Gasteiger partial charge in [-0.1, -0.05) is 206 Å². The fraction of sp³-hybridized carbons (Fsp3) is 0.923. The summed E-state index contributed by atoms with van der Waals surface area (Å²) in [6.07, 6.45) is 34.1. The minimum absolute atomic E-state index is 0.344. The number of hydrogen-bond acceptors (Lipinski definition) is 16. The third kappa shape index (κ3) is 386. The van der Waals surface area contributed by atoms with Gasteiger partial charge in [0.25, 0.3) is 0 Å². The number of aliphatic hydroxyl groups is 15. The molecule has 0 aliphatic carbocycles. The van der Waals surface area contributed by atoms with E-state index in [1.165, 1.54) is 0 Å². The third-order valence-electron chi connectivity index (χ3n) is 8.24. The monoisotopic (exact) mass is 1190 g/mol. The fourth-order valence-corrected chi connectivity index (χ4v) is 2.68. The zero-order valence-electron chi connectivity index (χ0n) is 56.9. The maximum Gasteiger partial charge on any atom is 0.0430 e. The van der Waals surface area contributed by atoms with Crippen molar-refractivity contribution in [2.75, 3.05) is 99.1 Å². The van der Waals surface area contributed by atoms with E-state index >= 15 is 0 Å². The first-order valence-corrected chi connectivity index (χ1v) is 32.2. The summed E-state index contributed by atoms with van der Waals surface area (Å²) in [7, 11) is 0. The van der Waals surface area contributed by atoms with Gasteiger partial charge >= 0.3 is 0 Å². The van der Waals surface area contributed by atoms with Crippen LogP contribution in [0.3, 0.4) is 0 Å². The van der Waals surface area contributed by atoms with Gasteiger partial charge in [0.05, 0.1) is 0 Å². The number of aliphatic hydroxyl groups excluding tert-OH is 15. The van der Waals surface area contributed by atoms with E-state index in [-0.39, 0.29) is 0 Å². The molecule has 0 saturated carbocycles. The molecule has 510 valence electrons. The average molecular weight is 1190 g/mol. The molecule has 1 aromatic heterocycles. The van der Waals surface area contributed by atoms with Crippen molar-refractivity contribution in [1.82, 2.24) is 4.98 Å². The molecule has 1 rings (SSSR count). The van der Waals surface area contributed by atoms with Crippen LogP contribution >= 0.6 is 0 Å². The summed E-state index contributed by atoms with van der Waals surface area (Å²) in [5.74, 6) is 0. The van der Waals surface area contributed by atoms with Crippen LogP contribution in [0.1, 0.15) is 296 Å². The lowest BCUT2D eigenvalue weighted by Crippen LogP contribution is -1.75. The highest BCUT2D eigenvalue weighted by Gasteiger charge is 1.75. The average Bonchev–Trinajstić information content (AvgIpc) is 3.47. The Kier molecular flexibility index (Phi) is 280. The molecule has 0 bridgehead atoms. The van der Waals surface area contributed by atoms with Gasteiger partial charge in [-0.25, -0.2) is 0 Å². The van der Waals surface area contributed by atoms with Crippen molar-refractivity contribution >= 4 is 0 Å². The van der Waals surface area contributed by atoms with Crippen molar-refractivity contribution < 1.29 is 76.6 Å². The Hall–Kier alpha value is -1.45. The van der Waals surface area contributed by atoms with Crippen LogP contribution in [-0.4, -0.2) is 181 Å². The van der Waals surface area contributed by atoms with E-state index in [1.807, 2.05) is 18.2 Å². The second-order valence-corrected chi connectivity index (χ2v) is 17.2. The third-order valence-corrected chi connectivity index (χ3v) is 8.24. The summed E-state index contributed by atoms with van der Waals surface area (Å²) in [5.41, 5.74) is 0. The summed E-state index contributed by atoms with van der Waals surface area (Å²) in [6.45, 7) is 35.9. The zero-order valence-corrected chi connectivity index (χ0v) is 56.9. The molecule has 16 heteroatoms. The highest BCUT2D eigenvalue weighted by atomic mass is 16.3. The molecule has 81 heavy (non-hydrogen) atoms. The number of pyridine rings is 1. The number of unbranched alkanes of at least 4 members (excludes halogenated alkanes) is 15. The Balaban J connectivity index is -0.0000000441. The zero-order chi connectivity index (χ0) is 66.1. The molecular formula is C65H155NO15. The molecule has 0 aliphatic rings. The van der Waals surface area contributed by atoms with Crippen molar-refractivity contribution in [3.05, 3.63) is 30.6 Å². The van der Waals surface area contributed by atoms with Gasteiger partial charge in [0, 0.05) is 111 Å². The molecular weight excluding hydrogens is 1030 g/mol. The van der Waals surface area contributed by atoms with Gasteiger partial charge in [-0.3, -0.25) is 4.98 Å². The van der Waals surface area contributed by atoms with Crippen molar-refractivity contribution in [1.29, 1.82) is 0 Å². The van der Waals surface area contributed by atoms with E-state index in [9.17, 15) is 0 Å². The van der Waals surface area contributed by atoms with Gasteiger partial charge in [0.1, 0.15) is 0 Å². The summed E-state index contributed by atoms with van der Waals surface area (Å²) < 4.78 is 0. The second kappa shape index (κ2) is 192. The Morgan fingerprint density at radius 2 is 0.247 bits per heavy atom. The maximum absolute atomic E-state index is 8.07. The van der Waals surface area contributed by atoms with Crippen molar-refractivity contribution in [3.63, 3.8) is 0 Å². The molecule has 15 N–H and O–H groups in total. The smallest absolute Gasteiger partial charge is 0.0430 e. The first kappa shape index (κ1) is 118. The highest BCUT2D eigenvalue weighted by Crippen LogP contribution is 1.85. The van der Waals surface area contributed by atoms with Crippen molar-refractivity contribution in [2.24, 2.45) is 0 Å². The van der Waals surface area contributed by atoms with Gasteiger partial charge < -0.3 is 76.6 Å². The first-order chi connectivity index (χ1) is 39.2. The predicted molar refractivity (Wildman–Crippen MR) is 354 cm³/mol. The lowest BCUT2D eigenvalue weighted by Gasteiger charge is -1.79. The summed E-state index contributed by atoms with van der Waals surface area (Å²) in [5, 5.41) is 121. The Bertz CT molecular complexity index is 524. The van der Waals surface area contributed by atoms with Gasteiger partial charge in [-0.15, -0.1) is 0 Å². The number of aromatic nitrogens is 1. The van der Waals surface area contributed by atoms with Crippen LogP contribution < -0.4 is 0 Å². The van der Waals surface area contributed by atoms with E-state index < -0.39 is 0 Å². The predicted octanol–water partition coefficient (Wildman–Crippen LogP) is 12.8. The molecule has 0 fully saturated rings. The van der Waals surface area contributed by atoms with Crippen molar-refractivity contribution in [2.45, 2.75) is 296 Å². The van der Waals surface area contributed by atoms with Crippen LogP contribution in [-0.2, 0) is 0 Å². The van der Waals surface area contributed by atoms with E-state index in [1.54, 1.807) is 12.4 Å². The lowest BCUT2D eigenvalue weighted by molar-refractivity contribution is 0.286. The summed E-state index contributed by atoms with van der Waals surface area (Å²) in [6, 6.07) is 5.72. The van der Waals surface area contributed by atoms with Crippen LogP contribution in [0.5, 0.6) is 0 Å². The van der Waals surface area contributed by atoms with Crippen LogP contribution in [0, 0.1) is 0 Å². The molecule has 1 heterocycles. The second-order valence-electron chi connectivity index (χ2n) is 17.2. The minimum Gasteiger partial charge on any atom is -0.396 e. The Labute approximate surface area is 506 Å². The molecule has 0 amide bonds. The van der Waals surface area contributed by atoms with E-state index in [2.05, 4.69) is 109 Å². The molecule has 0 aromatic carbocycles. The van der Waals surface area contributed by atoms with Crippen molar-refractivity contribution in [3.8, 4) is 0 Å². The number of hydrogen-bond donors (Lipinski definition) is 15. The quantitative estimate of drug-likeness (QED) is 0.0340. The molecule has 0 atom stereocenters. The topological polar surface area (TPSA) is 316 Å². The van der Waals surface area contributed by atoms with Crippen LogP contribution in [0.15, 0.2) is 30.6 Å². The summed E-state index contributed by atoms with van der Waals surface area (Å²) in [4.78, 5) is 3.78. The van der Waals surface area contributed by atoms with E-state index in [4.69, 9.17) is 76.6 Å². The molecule has 0 aliphatic heterocycles. The fourth-order valence-electron chi connectivity index (χ4n) is 2.68. The first-order valence-electron chi connectivity index (χ1n) is 32.2. The molecule has 0 radical (unpaired) electrons. The highest BCUT2D eigenvalue weighted by molar-refractivity contribution is 4.88. The largest absolute Gasteiger partial charge is 0.396 e. The summed E-state index contributed by atoms with van der Waals surface area (Å²) >= 11 is 0. The van der Waals surface area contributed by atoms with Crippen LogP contribution in [0.2, 0.25) is 0 Å². The SMILES string of the molecule is CCCCO.CCCCO.CCCCO.CCCCO.CCCCO.CCCCO.CCCCO.CCCCO.CCCCO.CCCCO.CCCCO.CCCCO.CCCCO.CCCCO.CCCCO.c1ccncc1. The molecule has 0 saturated heterocycles.